The van der Waals surface area contributed by atoms with Gasteiger partial charge in [-0.05, 0) is 24.2 Å². The van der Waals surface area contributed by atoms with E-state index in [2.05, 4.69) is 34.6 Å². The highest BCUT2D eigenvalue weighted by Gasteiger charge is 2.07. The SMILES string of the molecule is CCC(C)CC(C)CCCC(C)C. The lowest BCUT2D eigenvalue weighted by molar-refractivity contribution is 0.367. The molecule has 0 saturated heterocycles. The van der Waals surface area contributed by atoms with Crippen LogP contribution in [-0.2, 0) is 0 Å². The molecule has 2 atom stereocenters. The van der Waals surface area contributed by atoms with Crippen molar-refractivity contribution in [2.24, 2.45) is 17.8 Å². The Hall–Kier alpha value is 0. The molecule has 0 heteroatoms. The second-order valence-electron chi connectivity index (χ2n) is 5.18. The maximum Gasteiger partial charge on any atom is -0.0440 e. The fourth-order valence-electron chi connectivity index (χ4n) is 1.85. The molecule has 0 aliphatic rings. The van der Waals surface area contributed by atoms with E-state index in [0.29, 0.717) is 0 Å². The summed E-state index contributed by atoms with van der Waals surface area (Å²) in [6.07, 6.45) is 7.03. The van der Waals surface area contributed by atoms with E-state index < -0.39 is 0 Å². The normalized spacial score (nSPS) is 16.2. The third kappa shape index (κ3) is 8.33. The second-order valence-corrected chi connectivity index (χ2v) is 5.18. The topological polar surface area (TPSA) is 0 Å². The Labute approximate surface area is 85.1 Å². The molecule has 80 valence electrons. The van der Waals surface area contributed by atoms with Gasteiger partial charge in [0, 0.05) is 0 Å². The van der Waals surface area contributed by atoms with Crippen molar-refractivity contribution < 1.29 is 0 Å². The van der Waals surface area contributed by atoms with Crippen LogP contribution in [-0.4, -0.2) is 0 Å². The summed E-state index contributed by atoms with van der Waals surface area (Å²) in [5, 5.41) is 0. The first kappa shape index (κ1) is 13.0. The lowest BCUT2D eigenvalue weighted by atomic mass is 9.90. The summed E-state index contributed by atoms with van der Waals surface area (Å²) in [4.78, 5) is 0. The summed E-state index contributed by atoms with van der Waals surface area (Å²) in [6.45, 7) is 11.7. The van der Waals surface area contributed by atoms with Crippen LogP contribution in [0.2, 0.25) is 0 Å². The zero-order chi connectivity index (χ0) is 10.3. The van der Waals surface area contributed by atoms with Crippen molar-refractivity contribution in [2.75, 3.05) is 0 Å². The molecule has 0 radical (unpaired) electrons. The molecule has 2 unspecified atom stereocenters. The average Bonchev–Trinajstić information content (AvgIpc) is 2.03. The highest BCUT2D eigenvalue weighted by atomic mass is 14.1. The Morgan fingerprint density at radius 2 is 1.46 bits per heavy atom. The minimum Gasteiger partial charge on any atom is -0.0651 e. The van der Waals surface area contributed by atoms with Crippen LogP contribution < -0.4 is 0 Å². The van der Waals surface area contributed by atoms with Gasteiger partial charge in [-0.15, -0.1) is 0 Å². The van der Waals surface area contributed by atoms with Crippen LogP contribution in [0, 0.1) is 17.8 Å². The third-order valence-electron chi connectivity index (χ3n) is 2.98. The van der Waals surface area contributed by atoms with Gasteiger partial charge in [-0.25, -0.2) is 0 Å². The van der Waals surface area contributed by atoms with Crippen molar-refractivity contribution in [1.29, 1.82) is 0 Å². The summed E-state index contributed by atoms with van der Waals surface area (Å²) in [5.74, 6) is 2.75. The Balaban J connectivity index is 3.34. The molecule has 0 fully saturated rings. The van der Waals surface area contributed by atoms with Gasteiger partial charge in [0.1, 0.15) is 0 Å². The van der Waals surface area contributed by atoms with E-state index in [1.165, 1.54) is 32.1 Å². The van der Waals surface area contributed by atoms with Gasteiger partial charge in [-0.2, -0.15) is 0 Å². The van der Waals surface area contributed by atoms with Gasteiger partial charge in [0.2, 0.25) is 0 Å². The van der Waals surface area contributed by atoms with Gasteiger partial charge < -0.3 is 0 Å². The Morgan fingerprint density at radius 1 is 0.846 bits per heavy atom. The first-order valence-corrected chi connectivity index (χ1v) is 6.06. The van der Waals surface area contributed by atoms with Gasteiger partial charge in [-0.3, -0.25) is 0 Å². The molecule has 0 amide bonds. The summed E-state index contributed by atoms with van der Waals surface area (Å²) in [7, 11) is 0. The molecule has 0 aromatic carbocycles. The zero-order valence-electron chi connectivity index (χ0n) is 10.3. The number of hydrogen-bond donors (Lipinski definition) is 0. The van der Waals surface area contributed by atoms with Gasteiger partial charge >= 0.3 is 0 Å². The minimum absolute atomic E-state index is 0.885. The predicted molar refractivity (Wildman–Crippen MR) is 61.9 cm³/mol. The van der Waals surface area contributed by atoms with Gasteiger partial charge in [0.25, 0.3) is 0 Å². The highest BCUT2D eigenvalue weighted by Crippen LogP contribution is 2.20. The van der Waals surface area contributed by atoms with Crippen LogP contribution in [0.4, 0.5) is 0 Å². The minimum atomic E-state index is 0.885. The molecule has 0 aromatic heterocycles. The second kappa shape index (κ2) is 7.41. The smallest absolute Gasteiger partial charge is 0.0440 e. The van der Waals surface area contributed by atoms with Crippen molar-refractivity contribution >= 4 is 0 Å². The Morgan fingerprint density at radius 3 is 1.92 bits per heavy atom. The third-order valence-corrected chi connectivity index (χ3v) is 2.98. The van der Waals surface area contributed by atoms with Gasteiger partial charge in [0.15, 0.2) is 0 Å². The lowest BCUT2D eigenvalue weighted by Crippen LogP contribution is -2.02. The molecule has 0 nitrogen and oxygen atoms in total. The van der Waals surface area contributed by atoms with E-state index in [4.69, 9.17) is 0 Å². The van der Waals surface area contributed by atoms with Crippen LogP contribution in [0.1, 0.15) is 66.7 Å². The summed E-state index contributed by atoms with van der Waals surface area (Å²) in [5.41, 5.74) is 0. The first-order valence-electron chi connectivity index (χ1n) is 6.06. The van der Waals surface area contributed by atoms with E-state index >= 15 is 0 Å². The van der Waals surface area contributed by atoms with Crippen molar-refractivity contribution in [1.82, 2.24) is 0 Å². The first-order chi connectivity index (χ1) is 6.06. The van der Waals surface area contributed by atoms with Crippen LogP contribution in [0.5, 0.6) is 0 Å². The molecular formula is C13H28. The van der Waals surface area contributed by atoms with E-state index in [0.717, 1.165) is 17.8 Å². The quantitative estimate of drug-likeness (QED) is 0.528. The van der Waals surface area contributed by atoms with Crippen molar-refractivity contribution in [3.05, 3.63) is 0 Å². The fraction of sp³-hybridized carbons (Fsp3) is 1.00. The Kier molecular flexibility index (Phi) is 7.41. The lowest BCUT2D eigenvalue weighted by Gasteiger charge is -2.16. The van der Waals surface area contributed by atoms with E-state index in [9.17, 15) is 0 Å². The molecule has 0 rings (SSSR count). The van der Waals surface area contributed by atoms with Crippen LogP contribution in [0.25, 0.3) is 0 Å². The summed E-state index contributed by atoms with van der Waals surface area (Å²) >= 11 is 0. The van der Waals surface area contributed by atoms with E-state index in [-0.39, 0.29) is 0 Å². The molecule has 0 heterocycles. The zero-order valence-corrected chi connectivity index (χ0v) is 10.3. The fourth-order valence-corrected chi connectivity index (χ4v) is 1.85. The molecule has 0 N–H and O–H groups in total. The predicted octanol–water partition coefficient (Wildman–Crippen LogP) is 4.89. The van der Waals surface area contributed by atoms with Gasteiger partial charge in [-0.1, -0.05) is 60.3 Å². The molecular weight excluding hydrogens is 156 g/mol. The maximum atomic E-state index is 2.41. The van der Waals surface area contributed by atoms with Crippen molar-refractivity contribution in [3.8, 4) is 0 Å². The molecule has 0 aliphatic carbocycles. The van der Waals surface area contributed by atoms with Gasteiger partial charge in [0.05, 0.1) is 0 Å². The van der Waals surface area contributed by atoms with Crippen molar-refractivity contribution in [2.45, 2.75) is 66.7 Å². The molecule has 0 spiro atoms. The highest BCUT2D eigenvalue weighted by molar-refractivity contribution is 4.59. The molecule has 0 bridgehead atoms. The average molecular weight is 184 g/mol. The Bertz CT molecular complexity index is 105. The van der Waals surface area contributed by atoms with Crippen molar-refractivity contribution in [3.63, 3.8) is 0 Å². The van der Waals surface area contributed by atoms with E-state index in [1.807, 2.05) is 0 Å². The number of hydrogen-bond acceptors (Lipinski definition) is 0. The summed E-state index contributed by atoms with van der Waals surface area (Å²) < 4.78 is 0. The largest absolute Gasteiger partial charge is 0.0651 e. The molecule has 0 aliphatic heterocycles. The molecule has 0 saturated carbocycles. The van der Waals surface area contributed by atoms with Crippen LogP contribution >= 0.6 is 0 Å². The monoisotopic (exact) mass is 184 g/mol. The molecule has 13 heavy (non-hydrogen) atoms. The van der Waals surface area contributed by atoms with E-state index in [1.54, 1.807) is 0 Å². The maximum absolute atomic E-state index is 2.41. The standard InChI is InChI=1S/C13H28/c1-6-12(4)10-13(5)9-7-8-11(2)3/h11-13H,6-10H2,1-5H3. The number of rotatable bonds is 7. The summed E-state index contributed by atoms with van der Waals surface area (Å²) in [6, 6.07) is 0. The van der Waals surface area contributed by atoms with Crippen LogP contribution in [0.15, 0.2) is 0 Å². The van der Waals surface area contributed by atoms with Crippen LogP contribution in [0.3, 0.4) is 0 Å². The molecule has 0 aromatic rings.